The molecule has 1 heteroatoms. The number of hydrogen-bond acceptors (Lipinski definition) is 0. The lowest BCUT2D eigenvalue weighted by Crippen LogP contribution is -1.95. The fraction of sp³-hybridized carbons (Fsp3) is 0.143. The summed E-state index contributed by atoms with van der Waals surface area (Å²) in [7, 11) is 0. The predicted molar refractivity (Wildman–Crippen MR) is 95.4 cm³/mol. The minimum absolute atomic E-state index is 0.00877. The third-order valence-corrected chi connectivity index (χ3v) is 4.32. The molecular formula is C21H19Cl. The Hall–Kier alpha value is -2.05. The zero-order valence-corrected chi connectivity index (χ0v) is 13.4. The van der Waals surface area contributed by atoms with Gasteiger partial charge in [0.15, 0.2) is 0 Å². The minimum atomic E-state index is 0.00877. The molecule has 0 saturated heterocycles. The van der Waals surface area contributed by atoms with Crippen LogP contribution in [0.5, 0.6) is 0 Å². The Balaban J connectivity index is 1.75. The average molecular weight is 307 g/mol. The van der Waals surface area contributed by atoms with Crippen LogP contribution in [0.25, 0.3) is 11.1 Å². The summed E-state index contributed by atoms with van der Waals surface area (Å²) in [6, 6.07) is 27.6. The molecule has 0 aliphatic carbocycles. The molecule has 0 fully saturated rings. The molecule has 3 aromatic carbocycles. The molecule has 0 aliphatic heterocycles. The highest BCUT2D eigenvalue weighted by Gasteiger charge is 2.09. The quantitative estimate of drug-likeness (QED) is 0.504. The lowest BCUT2D eigenvalue weighted by molar-refractivity contribution is 0.920. The van der Waals surface area contributed by atoms with Gasteiger partial charge in [0.2, 0.25) is 0 Å². The molecule has 0 N–H and O–H groups in total. The molecule has 0 amide bonds. The highest BCUT2D eigenvalue weighted by molar-refractivity contribution is 6.20. The highest BCUT2D eigenvalue weighted by atomic mass is 35.5. The Labute approximate surface area is 137 Å². The first-order valence-corrected chi connectivity index (χ1v) is 8.01. The third-order valence-electron chi connectivity index (χ3n) is 3.92. The molecule has 22 heavy (non-hydrogen) atoms. The van der Waals surface area contributed by atoms with Crippen molar-refractivity contribution in [3.05, 3.63) is 95.6 Å². The number of aryl methyl sites for hydroxylation is 1. The van der Waals surface area contributed by atoms with Crippen LogP contribution in [0, 0.1) is 6.92 Å². The SMILES string of the molecule is Cc1ccc(-c2ccc(C(Cl)Cc3ccccc3)cc2)cc1. The van der Waals surface area contributed by atoms with Crippen molar-refractivity contribution < 1.29 is 0 Å². The van der Waals surface area contributed by atoms with Gasteiger partial charge in [0, 0.05) is 0 Å². The van der Waals surface area contributed by atoms with Crippen molar-refractivity contribution >= 4 is 11.6 Å². The van der Waals surface area contributed by atoms with Gasteiger partial charge in [-0.05, 0) is 35.6 Å². The third kappa shape index (κ3) is 3.58. The van der Waals surface area contributed by atoms with Gasteiger partial charge in [-0.1, -0.05) is 84.4 Å². The van der Waals surface area contributed by atoms with Crippen molar-refractivity contribution in [2.45, 2.75) is 18.7 Å². The van der Waals surface area contributed by atoms with E-state index in [-0.39, 0.29) is 5.38 Å². The standard InChI is InChI=1S/C21H19Cl/c1-16-7-9-18(10-8-16)19-11-13-20(14-12-19)21(22)15-17-5-3-2-4-6-17/h2-14,21H,15H2,1H3. The molecule has 3 rings (SSSR count). The molecule has 0 saturated carbocycles. The Morgan fingerprint density at radius 3 is 1.86 bits per heavy atom. The monoisotopic (exact) mass is 306 g/mol. The van der Waals surface area contributed by atoms with E-state index in [1.807, 2.05) is 6.07 Å². The Bertz CT molecular complexity index is 712. The molecule has 0 aliphatic rings. The number of rotatable bonds is 4. The number of benzene rings is 3. The second-order valence-electron chi connectivity index (χ2n) is 5.65. The summed E-state index contributed by atoms with van der Waals surface area (Å²) in [5.41, 5.74) is 6.19. The van der Waals surface area contributed by atoms with E-state index >= 15 is 0 Å². The van der Waals surface area contributed by atoms with Crippen molar-refractivity contribution in [3.63, 3.8) is 0 Å². The molecule has 0 bridgehead atoms. The maximum absolute atomic E-state index is 6.56. The van der Waals surface area contributed by atoms with Crippen molar-refractivity contribution in [3.8, 4) is 11.1 Å². The topological polar surface area (TPSA) is 0 Å². The fourth-order valence-corrected chi connectivity index (χ4v) is 2.89. The zero-order valence-electron chi connectivity index (χ0n) is 12.7. The summed E-state index contributed by atoms with van der Waals surface area (Å²) < 4.78 is 0. The van der Waals surface area contributed by atoms with Crippen LogP contribution in [0.2, 0.25) is 0 Å². The molecule has 110 valence electrons. The highest BCUT2D eigenvalue weighted by Crippen LogP contribution is 2.27. The van der Waals surface area contributed by atoms with Crippen molar-refractivity contribution in [1.82, 2.24) is 0 Å². The van der Waals surface area contributed by atoms with E-state index in [4.69, 9.17) is 11.6 Å². The first-order valence-electron chi connectivity index (χ1n) is 7.57. The molecule has 0 radical (unpaired) electrons. The largest absolute Gasteiger partial charge is 0.117 e. The molecule has 1 atom stereocenters. The van der Waals surface area contributed by atoms with Crippen LogP contribution in [0.1, 0.15) is 22.1 Å². The van der Waals surface area contributed by atoms with Gasteiger partial charge in [0.1, 0.15) is 0 Å². The van der Waals surface area contributed by atoms with Crippen LogP contribution >= 0.6 is 11.6 Å². The number of alkyl halides is 1. The second kappa shape index (κ2) is 6.81. The van der Waals surface area contributed by atoms with Crippen LogP contribution < -0.4 is 0 Å². The lowest BCUT2D eigenvalue weighted by Gasteiger charge is -2.11. The molecule has 0 heterocycles. The van der Waals surface area contributed by atoms with E-state index in [0.717, 1.165) is 6.42 Å². The summed E-state index contributed by atoms with van der Waals surface area (Å²) in [6.07, 6.45) is 0.853. The number of hydrogen-bond donors (Lipinski definition) is 0. The molecule has 0 aromatic heterocycles. The molecule has 0 nitrogen and oxygen atoms in total. The van der Waals surface area contributed by atoms with Crippen molar-refractivity contribution in [2.24, 2.45) is 0 Å². The maximum Gasteiger partial charge on any atom is 0.0625 e. The molecule has 3 aromatic rings. The Kier molecular flexibility index (Phi) is 4.60. The van der Waals surface area contributed by atoms with Crippen LogP contribution in [-0.2, 0) is 6.42 Å². The molecule has 0 spiro atoms. The normalized spacial score (nSPS) is 12.1. The summed E-state index contributed by atoms with van der Waals surface area (Å²) in [5.74, 6) is 0. The first-order chi connectivity index (χ1) is 10.7. The smallest absolute Gasteiger partial charge is 0.0625 e. The van der Waals surface area contributed by atoms with Crippen LogP contribution in [0.4, 0.5) is 0 Å². The van der Waals surface area contributed by atoms with E-state index in [9.17, 15) is 0 Å². The van der Waals surface area contributed by atoms with E-state index in [2.05, 4.69) is 79.7 Å². The van der Waals surface area contributed by atoms with E-state index in [1.165, 1.54) is 27.8 Å². The lowest BCUT2D eigenvalue weighted by atomic mass is 9.99. The average Bonchev–Trinajstić information content (AvgIpc) is 2.57. The summed E-state index contributed by atoms with van der Waals surface area (Å²) in [5, 5.41) is 0.00877. The second-order valence-corrected chi connectivity index (χ2v) is 6.17. The van der Waals surface area contributed by atoms with Crippen LogP contribution in [0.3, 0.4) is 0 Å². The number of halogens is 1. The molecule has 1 unspecified atom stereocenters. The van der Waals surface area contributed by atoms with Gasteiger partial charge < -0.3 is 0 Å². The minimum Gasteiger partial charge on any atom is -0.117 e. The van der Waals surface area contributed by atoms with E-state index < -0.39 is 0 Å². The predicted octanol–water partition coefficient (Wildman–Crippen LogP) is 6.18. The van der Waals surface area contributed by atoms with Gasteiger partial charge in [-0.25, -0.2) is 0 Å². The zero-order chi connectivity index (χ0) is 15.4. The van der Waals surface area contributed by atoms with Crippen molar-refractivity contribution in [1.29, 1.82) is 0 Å². The van der Waals surface area contributed by atoms with E-state index in [1.54, 1.807) is 0 Å². The maximum atomic E-state index is 6.56. The summed E-state index contributed by atoms with van der Waals surface area (Å²) in [6.45, 7) is 2.11. The summed E-state index contributed by atoms with van der Waals surface area (Å²) >= 11 is 6.56. The van der Waals surface area contributed by atoms with Gasteiger partial charge >= 0.3 is 0 Å². The van der Waals surface area contributed by atoms with Gasteiger partial charge in [-0.2, -0.15) is 0 Å². The van der Waals surface area contributed by atoms with Gasteiger partial charge in [0.05, 0.1) is 5.38 Å². The Morgan fingerprint density at radius 2 is 1.27 bits per heavy atom. The summed E-state index contributed by atoms with van der Waals surface area (Å²) in [4.78, 5) is 0. The van der Waals surface area contributed by atoms with Crippen LogP contribution in [0.15, 0.2) is 78.9 Å². The van der Waals surface area contributed by atoms with Gasteiger partial charge in [0.25, 0.3) is 0 Å². The first kappa shape index (κ1) is 14.9. The molecular weight excluding hydrogens is 288 g/mol. The van der Waals surface area contributed by atoms with E-state index in [0.29, 0.717) is 0 Å². The van der Waals surface area contributed by atoms with Crippen molar-refractivity contribution in [2.75, 3.05) is 0 Å². The van der Waals surface area contributed by atoms with Gasteiger partial charge in [-0.3, -0.25) is 0 Å². The fourth-order valence-electron chi connectivity index (χ4n) is 2.57. The van der Waals surface area contributed by atoms with Gasteiger partial charge in [-0.15, -0.1) is 11.6 Å². The Morgan fingerprint density at radius 1 is 0.727 bits per heavy atom. The van der Waals surface area contributed by atoms with Crippen LogP contribution in [-0.4, -0.2) is 0 Å².